The highest BCUT2D eigenvalue weighted by molar-refractivity contribution is 6.13. The van der Waals surface area contributed by atoms with Crippen LogP contribution in [-0.2, 0) is 4.74 Å². The molecule has 0 atom stereocenters. The Bertz CT molecular complexity index is 1390. The normalized spacial score (nSPS) is 17.8. The van der Waals surface area contributed by atoms with Crippen LogP contribution in [0.5, 0.6) is 0 Å². The van der Waals surface area contributed by atoms with Gasteiger partial charge in [0.05, 0.1) is 36.0 Å². The Hall–Kier alpha value is -3.43. The molecule has 3 aromatic heterocycles. The Balaban J connectivity index is 1.64. The minimum absolute atomic E-state index is 0.152. The number of nitrogens with zero attached hydrogens (tertiary/aromatic N) is 5. The van der Waals surface area contributed by atoms with Crippen molar-refractivity contribution in [1.82, 2.24) is 24.6 Å². The first-order chi connectivity index (χ1) is 16.6. The number of anilines is 2. The van der Waals surface area contributed by atoms with Crippen LogP contribution in [-0.4, -0.2) is 84.7 Å². The SMILES string of the molecule is CNC(=O)c1c(NC2COC2)c2ccc(N3CCCN(C)CC3)nc2n2c1nc1ccccc12. The van der Waals surface area contributed by atoms with E-state index in [1.807, 2.05) is 28.7 Å². The van der Waals surface area contributed by atoms with Gasteiger partial charge >= 0.3 is 0 Å². The van der Waals surface area contributed by atoms with Crippen LogP contribution >= 0.6 is 0 Å². The molecule has 1 amide bonds. The van der Waals surface area contributed by atoms with Crippen molar-refractivity contribution in [3.8, 4) is 0 Å². The lowest BCUT2D eigenvalue weighted by Crippen LogP contribution is -2.41. The Kier molecular flexibility index (Phi) is 5.23. The van der Waals surface area contributed by atoms with Gasteiger partial charge in [0.2, 0.25) is 0 Å². The number of carbonyl (C=O) groups is 1. The maximum absolute atomic E-state index is 13.2. The van der Waals surface area contributed by atoms with Crippen LogP contribution in [0.15, 0.2) is 36.4 Å². The quantitative estimate of drug-likeness (QED) is 0.484. The zero-order chi connectivity index (χ0) is 23.2. The Labute approximate surface area is 197 Å². The highest BCUT2D eigenvalue weighted by Gasteiger charge is 2.28. The maximum Gasteiger partial charge on any atom is 0.256 e. The molecule has 0 saturated carbocycles. The van der Waals surface area contributed by atoms with E-state index < -0.39 is 0 Å². The number of rotatable bonds is 4. The molecule has 5 heterocycles. The maximum atomic E-state index is 13.2. The summed E-state index contributed by atoms with van der Waals surface area (Å²) in [5.74, 6) is 0.775. The van der Waals surface area contributed by atoms with Crippen LogP contribution < -0.4 is 15.5 Å². The number of hydrogen-bond acceptors (Lipinski definition) is 7. The number of ether oxygens (including phenoxy) is 1. The monoisotopic (exact) mass is 459 g/mol. The fourth-order valence-electron chi connectivity index (χ4n) is 4.92. The minimum Gasteiger partial charge on any atom is -0.377 e. The van der Waals surface area contributed by atoms with Gasteiger partial charge in [0, 0.05) is 32.1 Å². The first-order valence-electron chi connectivity index (χ1n) is 11.9. The van der Waals surface area contributed by atoms with Crippen LogP contribution in [0, 0.1) is 0 Å². The van der Waals surface area contributed by atoms with Gasteiger partial charge in [-0.25, -0.2) is 9.97 Å². The molecule has 34 heavy (non-hydrogen) atoms. The Morgan fingerprint density at radius 3 is 2.68 bits per heavy atom. The van der Waals surface area contributed by atoms with Crippen molar-refractivity contribution in [3.63, 3.8) is 0 Å². The average molecular weight is 460 g/mol. The van der Waals surface area contributed by atoms with Gasteiger partial charge in [-0.2, -0.15) is 0 Å². The average Bonchev–Trinajstić information content (AvgIpc) is 3.08. The number of imidazole rings is 1. The lowest BCUT2D eigenvalue weighted by Gasteiger charge is -2.29. The van der Waals surface area contributed by atoms with Gasteiger partial charge in [0.15, 0.2) is 11.3 Å². The molecule has 0 spiro atoms. The van der Waals surface area contributed by atoms with Crippen LogP contribution in [0.2, 0.25) is 0 Å². The predicted octanol–water partition coefficient (Wildman–Crippen LogP) is 2.35. The zero-order valence-corrected chi connectivity index (χ0v) is 19.5. The summed E-state index contributed by atoms with van der Waals surface area (Å²) in [5.41, 5.74) is 4.47. The molecule has 6 rings (SSSR count). The van der Waals surface area contributed by atoms with E-state index >= 15 is 0 Å². The minimum atomic E-state index is -0.176. The topological polar surface area (TPSA) is 87.0 Å². The van der Waals surface area contributed by atoms with Crippen LogP contribution in [0.25, 0.3) is 27.7 Å². The van der Waals surface area contributed by atoms with Gasteiger partial charge in [-0.1, -0.05) is 12.1 Å². The van der Waals surface area contributed by atoms with Crippen molar-refractivity contribution in [3.05, 3.63) is 42.0 Å². The van der Waals surface area contributed by atoms with Crippen molar-refractivity contribution < 1.29 is 9.53 Å². The number of likely N-dealkylation sites (N-methyl/N-ethyl adjacent to an activating group) is 1. The second-order valence-electron chi connectivity index (χ2n) is 9.15. The van der Waals surface area contributed by atoms with Crippen molar-refractivity contribution in [1.29, 1.82) is 0 Å². The molecule has 176 valence electrons. The summed E-state index contributed by atoms with van der Waals surface area (Å²) in [4.78, 5) is 28.0. The van der Waals surface area contributed by atoms with E-state index in [1.54, 1.807) is 7.05 Å². The summed E-state index contributed by atoms with van der Waals surface area (Å²) in [6.45, 7) is 5.23. The van der Waals surface area contributed by atoms with Crippen LogP contribution in [0.4, 0.5) is 11.5 Å². The third-order valence-electron chi connectivity index (χ3n) is 6.86. The van der Waals surface area contributed by atoms with Crippen molar-refractivity contribution >= 4 is 45.1 Å². The highest BCUT2D eigenvalue weighted by Crippen LogP contribution is 2.35. The lowest BCUT2D eigenvalue weighted by molar-refractivity contribution is 0.0211. The largest absolute Gasteiger partial charge is 0.377 e. The van der Waals surface area contributed by atoms with Gasteiger partial charge in [0.25, 0.3) is 5.91 Å². The second kappa shape index (κ2) is 8.41. The molecule has 2 saturated heterocycles. The number of aromatic nitrogens is 3. The molecule has 2 aliphatic rings. The molecule has 9 heteroatoms. The molecule has 9 nitrogen and oxygen atoms in total. The number of para-hydroxylation sites is 2. The van der Waals surface area contributed by atoms with Gasteiger partial charge in [-0.05, 0) is 44.3 Å². The molecular weight excluding hydrogens is 430 g/mol. The summed E-state index contributed by atoms with van der Waals surface area (Å²) in [7, 11) is 3.82. The molecule has 0 bridgehead atoms. The summed E-state index contributed by atoms with van der Waals surface area (Å²) in [6, 6.07) is 12.3. The predicted molar refractivity (Wildman–Crippen MR) is 134 cm³/mol. The second-order valence-corrected chi connectivity index (χ2v) is 9.15. The summed E-state index contributed by atoms with van der Waals surface area (Å²) in [6.07, 6.45) is 1.10. The number of carbonyl (C=O) groups excluding carboxylic acids is 1. The number of fused-ring (bicyclic) bond motifs is 5. The van der Waals surface area contributed by atoms with E-state index in [2.05, 4.69) is 39.6 Å². The van der Waals surface area contributed by atoms with E-state index in [0.29, 0.717) is 24.4 Å². The molecule has 0 radical (unpaired) electrons. The fraction of sp³-hybridized carbons (Fsp3) is 0.400. The third-order valence-corrected chi connectivity index (χ3v) is 6.86. The van der Waals surface area contributed by atoms with E-state index in [-0.39, 0.29) is 11.9 Å². The van der Waals surface area contributed by atoms with E-state index in [4.69, 9.17) is 14.7 Å². The first kappa shape index (κ1) is 21.1. The molecule has 1 aromatic carbocycles. The van der Waals surface area contributed by atoms with Crippen molar-refractivity contribution in [2.45, 2.75) is 12.5 Å². The van der Waals surface area contributed by atoms with Gasteiger partial charge in [0.1, 0.15) is 11.4 Å². The number of nitrogens with one attached hydrogen (secondary N) is 2. The molecule has 2 N–H and O–H groups in total. The number of pyridine rings is 2. The van der Waals surface area contributed by atoms with Crippen molar-refractivity contribution in [2.24, 2.45) is 0 Å². The number of amides is 1. The van der Waals surface area contributed by atoms with Crippen LogP contribution in [0.3, 0.4) is 0 Å². The molecule has 0 unspecified atom stereocenters. The molecule has 4 aromatic rings. The zero-order valence-electron chi connectivity index (χ0n) is 19.5. The van der Waals surface area contributed by atoms with Gasteiger partial charge in [-0.15, -0.1) is 0 Å². The van der Waals surface area contributed by atoms with E-state index in [0.717, 1.165) is 66.2 Å². The molecule has 2 aliphatic heterocycles. The molecular formula is C25H29N7O2. The third kappa shape index (κ3) is 3.43. The van der Waals surface area contributed by atoms with E-state index in [9.17, 15) is 4.79 Å². The highest BCUT2D eigenvalue weighted by atomic mass is 16.5. The summed E-state index contributed by atoms with van der Waals surface area (Å²) in [5, 5.41) is 7.27. The molecule has 2 fully saturated rings. The number of benzene rings is 1. The standard InChI is InChI=1S/C25H29N7O2/c1-26-25(33)21-22(27-16-14-34-15-16)17-8-9-20(31-11-5-10-30(2)12-13-31)29-23(17)32-19-7-4-3-6-18(19)28-24(21)32/h3-4,6-9,16,27H,5,10-15H2,1-2H3,(H,26,33). The van der Waals surface area contributed by atoms with Crippen molar-refractivity contribution in [2.75, 3.05) is 63.7 Å². The fourth-order valence-corrected chi connectivity index (χ4v) is 4.92. The Morgan fingerprint density at radius 2 is 1.88 bits per heavy atom. The smallest absolute Gasteiger partial charge is 0.256 e. The van der Waals surface area contributed by atoms with Crippen LogP contribution in [0.1, 0.15) is 16.8 Å². The Morgan fingerprint density at radius 1 is 1.03 bits per heavy atom. The van der Waals surface area contributed by atoms with E-state index in [1.165, 1.54) is 0 Å². The number of hydrogen-bond donors (Lipinski definition) is 2. The lowest BCUT2D eigenvalue weighted by atomic mass is 10.1. The summed E-state index contributed by atoms with van der Waals surface area (Å²) < 4.78 is 7.42. The first-order valence-corrected chi connectivity index (χ1v) is 11.9. The molecule has 0 aliphatic carbocycles. The summed E-state index contributed by atoms with van der Waals surface area (Å²) >= 11 is 0. The van der Waals surface area contributed by atoms with Gasteiger partial charge < -0.3 is 25.2 Å². The van der Waals surface area contributed by atoms with Gasteiger partial charge in [-0.3, -0.25) is 9.20 Å².